The topological polar surface area (TPSA) is 70.0 Å². The quantitative estimate of drug-likeness (QED) is 0.454. The van der Waals surface area contributed by atoms with Gasteiger partial charge in [0.1, 0.15) is 6.61 Å². The van der Waals surface area contributed by atoms with Crippen LogP contribution in [0.15, 0.2) is 53.5 Å². The van der Waals surface area contributed by atoms with Gasteiger partial charge in [0.2, 0.25) is 0 Å². The third-order valence-corrected chi connectivity index (χ3v) is 5.53. The Balaban J connectivity index is 1.85. The summed E-state index contributed by atoms with van der Waals surface area (Å²) in [7, 11) is 3.32. The number of esters is 1. The number of benzene rings is 2. The second kappa shape index (κ2) is 8.45. The fourth-order valence-corrected chi connectivity index (χ4v) is 3.86. The Morgan fingerprint density at radius 2 is 2.00 bits per heavy atom. The Kier molecular flexibility index (Phi) is 5.84. The second-order valence-electron chi connectivity index (χ2n) is 8.80. The van der Waals surface area contributed by atoms with E-state index in [2.05, 4.69) is 0 Å². The van der Waals surface area contributed by atoms with Crippen LogP contribution in [0.25, 0.3) is 16.5 Å². The third kappa shape index (κ3) is 4.29. The summed E-state index contributed by atoms with van der Waals surface area (Å²) in [6.45, 7) is 5.73. The average Bonchev–Trinajstić information content (AvgIpc) is 3.11. The van der Waals surface area contributed by atoms with E-state index in [4.69, 9.17) is 14.0 Å². The predicted octanol–water partition coefficient (Wildman–Crippen LogP) is 2.64. The van der Waals surface area contributed by atoms with Crippen LogP contribution >= 0.6 is 0 Å². The van der Waals surface area contributed by atoms with Crippen LogP contribution in [-0.4, -0.2) is 44.0 Å². The zero-order valence-corrected chi connectivity index (χ0v) is 19.0. The van der Waals surface area contributed by atoms with Gasteiger partial charge in [0.25, 0.3) is 5.56 Å². The summed E-state index contributed by atoms with van der Waals surface area (Å²) < 4.78 is 18.9. The van der Waals surface area contributed by atoms with Gasteiger partial charge >= 0.3 is 13.1 Å². The molecule has 1 aromatic heterocycles. The smallest absolute Gasteiger partial charge is 0.461 e. The minimum Gasteiger partial charge on any atom is -0.461 e. The SMILES string of the molecule is CC(=O)OCc1c(B2OCC(C)(C)O2)cccc1-n1ccc2cc(N(C)C)ccc2c1=O. The number of hydrogen-bond donors (Lipinski definition) is 0. The molecule has 8 heteroatoms. The third-order valence-electron chi connectivity index (χ3n) is 5.53. The minimum atomic E-state index is -0.602. The first kappa shape index (κ1) is 22.1. The molecular formula is C24H27BN2O5. The molecule has 0 saturated carbocycles. The molecule has 1 aliphatic heterocycles. The van der Waals surface area contributed by atoms with Gasteiger partial charge in [0.05, 0.1) is 17.9 Å². The number of aromatic nitrogens is 1. The van der Waals surface area contributed by atoms with E-state index in [1.807, 2.05) is 75.3 Å². The van der Waals surface area contributed by atoms with E-state index in [0.29, 0.717) is 23.2 Å². The van der Waals surface area contributed by atoms with Crippen LogP contribution in [0.3, 0.4) is 0 Å². The van der Waals surface area contributed by atoms with E-state index in [1.165, 1.54) is 6.92 Å². The highest BCUT2D eigenvalue weighted by Gasteiger charge is 2.40. The van der Waals surface area contributed by atoms with Gasteiger partial charge in [-0.05, 0) is 55.0 Å². The lowest BCUT2D eigenvalue weighted by Gasteiger charge is -2.20. The first-order valence-electron chi connectivity index (χ1n) is 10.5. The first-order valence-corrected chi connectivity index (χ1v) is 10.5. The molecule has 2 heterocycles. The van der Waals surface area contributed by atoms with Gasteiger partial charge in [-0.25, -0.2) is 0 Å². The lowest BCUT2D eigenvalue weighted by Crippen LogP contribution is -2.38. The Bertz CT molecular complexity index is 1230. The summed E-state index contributed by atoms with van der Waals surface area (Å²) in [5, 5.41) is 1.47. The van der Waals surface area contributed by atoms with Crippen LogP contribution in [0.4, 0.5) is 5.69 Å². The number of fused-ring (bicyclic) bond motifs is 1. The highest BCUT2D eigenvalue weighted by Crippen LogP contribution is 2.24. The number of pyridine rings is 1. The fraction of sp³-hybridized carbons (Fsp3) is 0.333. The molecule has 0 atom stereocenters. The van der Waals surface area contributed by atoms with Crippen LogP contribution < -0.4 is 15.9 Å². The highest BCUT2D eigenvalue weighted by molar-refractivity contribution is 6.62. The monoisotopic (exact) mass is 434 g/mol. The number of carbonyl (C=O) groups excluding carboxylic acids is 1. The summed E-state index contributed by atoms with van der Waals surface area (Å²) in [6.07, 6.45) is 1.75. The minimum absolute atomic E-state index is 0.00847. The molecule has 0 unspecified atom stereocenters. The Labute approximate surface area is 187 Å². The van der Waals surface area contributed by atoms with Crippen LogP contribution in [0, 0.1) is 0 Å². The molecule has 1 saturated heterocycles. The molecule has 0 radical (unpaired) electrons. The summed E-state index contributed by atoms with van der Waals surface area (Å²) in [5.41, 5.74) is 2.49. The molecule has 0 aliphatic carbocycles. The van der Waals surface area contributed by atoms with Crippen molar-refractivity contribution in [1.82, 2.24) is 4.57 Å². The number of rotatable bonds is 5. The maximum absolute atomic E-state index is 13.4. The van der Waals surface area contributed by atoms with Crippen molar-refractivity contribution < 1.29 is 18.8 Å². The van der Waals surface area contributed by atoms with E-state index in [-0.39, 0.29) is 12.2 Å². The lowest BCUT2D eigenvalue weighted by atomic mass is 9.75. The number of hydrogen-bond acceptors (Lipinski definition) is 6. The first-order chi connectivity index (χ1) is 15.2. The lowest BCUT2D eigenvalue weighted by molar-refractivity contribution is -0.142. The van der Waals surface area contributed by atoms with E-state index in [1.54, 1.807) is 10.8 Å². The summed E-state index contributed by atoms with van der Waals surface area (Å²) in [4.78, 5) is 27.0. The molecule has 32 heavy (non-hydrogen) atoms. The normalized spacial score (nSPS) is 15.2. The van der Waals surface area contributed by atoms with Crippen molar-refractivity contribution in [2.45, 2.75) is 33.0 Å². The van der Waals surface area contributed by atoms with Gasteiger partial charge in [-0.15, -0.1) is 0 Å². The van der Waals surface area contributed by atoms with Gasteiger partial charge < -0.3 is 18.9 Å². The van der Waals surface area contributed by atoms with Crippen LogP contribution in [0.1, 0.15) is 26.3 Å². The van der Waals surface area contributed by atoms with Crippen molar-refractivity contribution in [1.29, 1.82) is 0 Å². The van der Waals surface area contributed by atoms with Gasteiger partial charge in [-0.1, -0.05) is 12.1 Å². The number of carbonyl (C=O) groups is 1. The molecule has 4 rings (SSSR count). The maximum Gasteiger partial charge on any atom is 0.494 e. The van der Waals surface area contributed by atoms with E-state index in [9.17, 15) is 9.59 Å². The van der Waals surface area contributed by atoms with Crippen molar-refractivity contribution >= 4 is 35.0 Å². The Morgan fingerprint density at radius 3 is 2.66 bits per heavy atom. The number of nitrogens with zero attached hydrogens (tertiary/aromatic N) is 2. The number of ether oxygens (including phenoxy) is 1. The summed E-state index contributed by atoms with van der Waals surface area (Å²) in [6, 6.07) is 13.2. The zero-order chi connectivity index (χ0) is 23.0. The second-order valence-corrected chi connectivity index (χ2v) is 8.80. The average molecular weight is 434 g/mol. The van der Waals surface area contributed by atoms with Gasteiger partial charge in [-0.3, -0.25) is 14.2 Å². The van der Waals surface area contributed by atoms with Crippen LogP contribution in [0.2, 0.25) is 0 Å². The molecule has 0 N–H and O–H groups in total. The van der Waals surface area contributed by atoms with E-state index in [0.717, 1.165) is 16.5 Å². The molecule has 0 bridgehead atoms. The highest BCUT2D eigenvalue weighted by atomic mass is 16.7. The van der Waals surface area contributed by atoms with Gasteiger partial charge in [0, 0.05) is 43.9 Å². The molecule has 0 amide bonds. The Hall–Kier alpha value is -3.10. The zero-order valence-electron chi connectivity index (χ0n) is 19.0. The maximum atomic E-state index is 13.4. The van der Waals surface area contributed by atoms with Crippen molar-refractivity contribution in [2.75, 3.05) is 25.6 Å². The molecule has 0 spiro atoms. The van der Waals surface area contributed by atoms with Gasteiger partial charge in [0.15, 0.2) is 0 Å². The van der Waals surface area contributed by atoms with Crippen molar-refractivity contribution in [3.05, 3.63) is 64.6 Å². The molecule has 7 nitrogen and oxygen atoms in total. The molecule has 3 aromatic rings. The number of anilines is 1. The van der Waals surface area contributed by atoms with E-state index >= 15 is 0 Å². The van der Waals surface area contributed by atoms with Crippen LogP contribution in [0.5, 0.6) is 0 Å². The molecule has 2 aromatic carbocycles. The van der Waals surface area contributed by atoms with Crippen molar-refractivity contribution in [3.8, 4) is 5.69 Å². The fourth-order valence-electron chi connectivity index (χ4n) is 3.86. The molecule has 1 aliphatic rings. The Morgan fingerprint density at radius 1 is 1.22 bits per heavy atom. The molecular weight excluding hydrogens is 407 g/mol. The predicted molar refractivity (Wildman–Crippen MR) is 126 cm³/mol. The summed E-state index contributed by atoms with van der Waals surface area (Å²) in [5.74, 6) is -0.401. The molecule has 166 valence electrons. The standard InChI is InChI=1S/C24H27BN2O5/c1-16(28)30-14-20-21(25-31-15-24(2,3)32-25)7-6-8-22(20)27-12-11-17-13-18(26(4)5)9-10-19(17)23(27)29/h6-13H,14-15H2,1-5H3. The largest absolute Gasteiger partial charge is 0.494 e. The van der Waals surface area contributed by atoms with Crippen molar-refractivity contribution in [2.24, 2.45) is 0 Å². The van der Waals surface area contributed by atoms with Gasteiger partial charge in [-0.2, -0.15) is 0 Å². The molecule has 1 fully saturated rings. The van der Waals surface area contributed by atoms with E-state index < -0.39 is 18.7 Å². The van der Waals surface area contributed by atoms with Crippen LogP contribution in [-0.2, 0) is 25.4 Å². The summed E-state index contributed by atoms with van der Waals surface area (Å²) >= 11 is 0. The van der Waals surface area contributed by atoms with Crippen molar-refractivity contribution in [3.63, 3.8) is 0 Å².